The molecule has 0 atom stereocenters. The van der Waals surface area contributed by atoms with E-state index in [1.54, 1.807) is 26.0 Å². The first-order chi connectivity index (χ1) is 10.0. The van der Waals surface area contributed by atoms with Crippen molar-refractivity contribution in [1.82, 2.24) is 4.98 Å². The van der Waals surface area contributed by atoms with Crippen molar-refractivity contribution < 1.29 is 4.79 Å². The molecule has 0 fully saturated rings. The quantitative estimate of drug-likeness (QED) is 0.689. The SMILES string of the molecule is CCc1ccc(C=CC(=O)c2c(C)cc(C)[nH]c2=O)cc1. The van der Waals surface area contributed by atoms with Crippen molar-refractivity contribution in [3.05, 3.63) is 74.7 Å². The number of hydrogen-bond acceptors (Lipinski definition) is 2. The van der Waals surface area contributed by atoms with Crippen molar-refractivity contribution in [3.63, 3.8) is 0 Å². The predicted octanol–water partition coefficient (Wildman–Crippen LogP) is 3.45. The van der Waals surface area contributed by atoms with Crippen LogP contribution in [0.1, 0.15) is 39.7 Å². The molecule has 0 aliphatic heterocycles. The Morgan fingerprint density at radius 2 is 1.86 bits per heavy atom. The van der Waals surface area contributed by atoms with Crippen molar-refractivity contribution in [2.75, 3.05) is 0 Å². The number of carbonyl (C=O) groups is 1. The summed E-state index contributed by atoms with van der Waals surface area (Å²) in [5.41, 5.74) is 3.54. The molecular formula is C18H19NO2. The van der Waals surface area contributed by atoms with Crippen molar-refractivity contribution in [1.29, 1.82) is 0 Å². The van der Waals surface area contributed by atoms with Gasteiger partial charge in [0.05, 0.1) is 5.56 Å². The van der Waals surface area contributed by atoms with Gasteiger partial charge in [-0.05, 0) is 49.1 Å². The number of hydrogen-bond donors (Lipinski definition) is 1. The molecule has 21 heavy (non-hydrogen) atoms. The summed E-state index contributed by atoms with van der Waals surface area (Å²) in [5, 5.41) is 0. The fourth-order valence-electron chi connectivity index (χ4n) is 2.28. The van der Waals surface area contributed by atoms with Gasteiger partial charge in [0, 0.05) is 5.69 Å². The molecule has 3 nitrogen and oxygen atoms in total. The molecule has 0 unspecified atom stereocenters. The minimum atomic E-state index is -0.330. The van der Waals surface area contributed by atoms with Crippen LogP contribution >= 0.6 is 0 Å². The molecule has 0 radical (unpaired) electrons. The first kappa shape index (κ1) is 15.0. The van der Waals surface area contributed by atoms with Crippen LogP contribution in [0.3, 0.4) is 0 Å². The Kier molecular flexibility index (Phi) is 4.53. The summed E-state index contributed by atoms with van der Waals surface area (Å²) < 4.78 is 0. The third kappa shape index (κ3) is 3.57. The molecule has 0 aliphatic carbocycles. The zero-order chi connectivity index (χ0) is 15.4. The first-order valence-electron chi connectivity index (χ1n) is 7.03. The lowest BCUT2D eigenvalue weighted by Crippen LogP contribution is -2.19. The molecule has 1 N–H and O–H groups in total. The first-order valence-corrected chi connectivity index (χ1v) is 7.03. The molecule has 0 saturated carbocycles. The van der Waals surface area contributed by atoms with Gasteiger partial charge in [-0.2, -0.15) is 0 Å². The lowest BCUT2D eigenvalue weighted by atomic mass is 10.0. The summed E-state index contributed by atoms with van der Waals surface area (Å²) in [6, 6.07) is 9.81. The highest BCUT2D eigenvalue weighted by Crippen LogP contribution is 2.09. The Hall–Kier alpha value is -2.42. The molecule has 0 spiro atoms. The number of rotatable bonds is 4. The lowest BCUT2D eigenvalue weighted by Gasteiger charge is -2.02. The number of allylic oxidation sites excluding steroid dienone is 1. The summed E-state index contributed by atoms with van der Waals surface area (Å²) in [6.07, 6.45) is 4.18. The Morgan fingerprint density at radius 3 is 2.43 bits per heavy atom. The number of pyridine rings is 1. The van der Waals surface area contributed by atoms with Crippen LogP contribution < -0.4 is 5.56 Å². The minimum absolute atomic E-state index is 0.210. The monoisotopic (exact) mass is 281 g/mol. The van der Waals surface area contributed by atoms with E-state index in [9.17, 15) is 9.59 Å². The molecule has 1 aromatic heterocycles. The molecule has 0 bridgehead atoms. The fraction of sp³-hybridized carbons (Fsp3) is 0.222. The maximum atomic E-state index is 12.2. The average molecular weight is 281 g/mol. The number of H-pyrrole nitrogens is 1. The molecule has 108 valence electrons. The van der Waals surface area contributed by atoms with Crippen LogP contribution in [0, 0.1) is 13.8 Å². The van der Waals surface area contributed by atoms with Gasteiger partial charge < -0.3 is 4.98 Å². The van der Waals surface area contributed by atoms with Gasteiger partial charge in [0.15, 0.2) is 5.78 Å². The van der Waals surface area contributed by atoms with Crippen molar-refractivity contribution in [3.8, 4) is 0 Å². The number of aryl methyl sites for hydroxylation is 3. The summed E-state index contributed by atoms with van der Waals surface area (Å²) in [4.78, 5) is 26.7. The highest BCUT2D eigenvalue weighted by molar-refractivity contribution is 6.07. The van der Waals surface area contributed by atoms with Crippen LogP contribution in [0.2, 0.25) is 0 Å². The van der Waals surface area contributed by atoms with Crippen LogP contribution in [0.25, 0.3) is 6.08 Å². The molecule has 2 rings (SSSR count). The van der Waals surface area contributed by atoms with Gasteiger partial charge in [0.1, 0.15) is 0 Å². The van der Waals surface area contributed by atoms with Crippen LogP contribution in [0.5, 0.6) is 0 Å². The van der Waals surface area contributed by atoms with E-state index in [2.05, 4.69) is 11.9 Å². The van der Waals surface area contributed by atoms with E-state index in [1.165, 1.54) is 11.6 Å². The third-order valence-corrected chi connectivity index (χ3v) is 3.43. The highest BCUT2D eigenvalue weighted by atomic mass is 16.1. The smallest absolute Gasteiger partial charge is 0.259 e. The van der Waals surface area contributed by atoms with Crippen LogP contribution in [0.15, 0.2) is 41.2 Å². The topological polar surface area (TPSA) is 49.9 Å². The van der Waals surface area contributed by atoms with E-state index in [-0.39, 0.29) is 16.9 Å². The van der Waals surface area contributed by atoms with Crippen molar-refractivity contribution in [2.45, 2.75) is 27.2 Å². The number of aromatic amines is 1. The molecule has 0 amide bonds. The molecule has 0 aliphatic rings. The average Bonchev–Trinajstić information content (AvgIpc) is 2.44. The molecular weight excluding hydrogens is 262 g/mol. The van der Waals surface area contributed by atoms with Crippen LogP contribution in [0.4, 0.5) is 0 Å². The number of aromatic nitrogens is 1. The van der Waals surface area contributed by atoms with Crippen molar-refractivity contribution in [2.24, 2.45) is 0 Å². The second-order valence-electron chi connectivity index (χ2n) is 5.13. The normalized spacial score (nSPS) is 11.0. The van der Waals surface area contributed by atoms with E-state index in [1.807, 2.05) is 24.3 Å². The summed E-state index contributed by atoms with van der Waals surface area (Å²) >= 11 is 0. The van der Waals surface area contributed by atoms with Gasteiger partial charge >= 0.3 is 0 Å². The Balaban J connectivity index is 2.25. The Morgan fingerprint density at radius 1 is 1.19 bits per heavy atom. The van der Waals surface area contributed by atoms with Gasteiger partial charge in [0.2, 0.25) is 0 Å². The summed E-state index contributed by atoms with van der Waals surface area (Å²) in [6.45, 7) is 5.67. The second-order valence-corrected chi connectivity index (χ2v) is 5.13. The summed E-state index contributed by atoms with van der Waals surface area (Å²) in [5.74, 6) is -0.270. The molecule has 0 saturated heterocycles. The third-order valence-electron chi connectivity index (χ3n) is 3.43. The number of nitrogens with one attached hydrogen (secondary N) is 1. The zero-order valence-electron chi connectivity index (χ0n) is 12.6. The van der Waals surface area contributed by atoms with E-state index in [4.69, 9.17) is 0 Å². The number of carbonyl (C=O) groups excluding carboxylic acids is 1. The van der Waals surface area contributed by atoms with Crippen LogP contribution in [-0.2, 0) is 6.42 Å². The zero-order valence-corrected chi connectivity index (χ0v) is 12.6. The maximum Gasteiger partial charge on any atom is 0.259 e. The van der Waals surface area contributed by atoms with Gasteiger partial charge in [-0.25, -0.2) is 0 Å². The maximum absolute atomic E-state index is 12.2. The van der Waals surface area contributed by atoms with Gasteiger partial charge in [-0.15, -0.1) is 0 Å². The van der Waals surface area contributed by atoms with Crippen LogP contribution in [-0.4, -0.2) is 10.8 Å². The number of ketones is 1. The Bertz CT molecular complexity index is 737. The highest BCUT2D eigenvalue weighted by Gasteiger charge is 2.11. The standard InChI is InChI=1S/C18H19NO2/c1-4-14-5-7-15(8-6-14)9-10-16(20)17-12(2)11-13(3)19-18(17)21/h5-11H,4H2,1-3H3,(H,19,21). The lowest BCUT2D eigenvalue weighted by molar-refractivity contribution is 0.104. The van der Waals surface area contributed by atoms with Gasteiger partial charge in [-0.1, -0.05) is 37.3 Å². The Labute approximate surface area is 124 Å². The minimum Gasteiger partial charge on any atom is -0.326 e. The molecule has 1 heterocycles. The van der Waals surface area contributed by atoms with E-state index in [0.29, 0.717) is 5.56 Å². The number of benzene rings is 1. The van der Waals surface area contributed by atoms with Gasteiger partial charge in [-0.3, -0.25) is 9.59 Å². The predicted molar refractivity (Wildman–Crippen MR) is 85.7 cm³/mol. The molecule has 2 aromatic rings. The van der Waals surface area contributed by atoms with E-state index in [0.717, 1.165) is 17.7 Å². The largest absolute Gasteiger partial charge is 0.326 e. The van der Waals surface area contributed by atoms with E-state index >= 15 is 0 Å². The second kappa shape index (κ2) is 6.35. The van der Waals surface area contributed by atoms with Crippen molar-refractivity contribution >= 4 is 11.9 Å². The van der Waals surface area contributed by atoms with Gasteiger partial charge in [0.25, 0.3) is 5.56 Å². The molecule has 1 aromatic carbocycles. The van der Waals surface area contributed by atoms with E-state index < -0.39 is 0 Å². The summed E-state index contributed by atoms with van der Waals surface area (Å²) in [7, 11) is 0. The fourth-order valence-corrected chi connectivity index (χ4v) is 2.28. The molecule has 3 heteroatoms.